The van der Waals surface area contributed by atoms with Crippen molar-refractivity contribution in [1.82, 2.24) is 20.2 Å². The average molecular weight is 284 g/mol. The van der Waals surface area contributed by atoms with Gasteiger partial charge in [-0.3, -0.25) is 16.0 Å². The van der Waals surface area contributed by atoms with Crippen molar-refractivity contribution in [2.75, 3.05) is 0 Å². The molecule has 1 unspecified atom stereocenters. The second-order valence-corrected chi connectivity index (χ2v) is 4.49. The minimum absolute atomic E-state index is 0.248. The second kappa shape index (κ2) is 6.10. The van der Waals surface area contributed by atoms with Crippen molar-refractivity contribution in [3.8, 4) is 0 Å². The number of aromatic nitrogens is 3. The van der Waals surface area contributed by atoms with Crippen molar-refractivity contribution in [3.05, 3.63) is 46.8 Å². The van der Waals surface area contributed by atoms with E-state index in [-0.39, 0.29) is 11.9 Å². The maximum Gasteiger partial charge on any atom is 0.138 e. The molecule has 2 aromatic rings. The molecule has 7 heteroatoms. The molecular weight excluding hydrogens is 269 g/mol. The van der Waals surface area contributed by atoms with Gasteiger partial charge in [0.1, 0.15) is 18.0 Å². The molecule has 2 rings (SSSR count). The van der Waals surface area contributed by atoms with Crippen molar-refractivity contribution in [1.29, 1.82) is 0 Å². The zero-order valence-corrected chi connectivity index (χ0v) is 11.2. The first kappa shape index (κ1) is 13.9. The summed E-state index contributed by atoms with van der Waals surface area (Å²) in [5.74, 6) is 5.98. The van der Waals surface area contributed by atoms with Gasteiger partial charge in [0.2, 0.25) is 0 Å². The van der Waals surface area contributed by atoms with E-state index in [9.17, 15) is 4.39 Å². The van der Waals surface area contributed by atoms with Crippen molar-refractivity contribution in [2.45, 2.75) is 25.9 Å². The highest BCUT2D eigenvalue weighted by Crippen LogP contribution is 2.25. The molecule has 0 amide bonds. The smallest absolute Gasteiger partial charge is 0.138 e. The van der Waals surface area contributed by atoms with Gasteiger partial charge in [-0.05, 0) is 24.6 Å². The number of nitrogens with zero attached hydrogens (tertiary/aromatic N) is 3. The first-order chi connectivity index (χ1) is 9.15. The Hall–Kier alpha value is -1.50. The summed E-state index contributed by atoms with van der Waals surface area (Å²) in [5.41, 5.74) is 3.41. The molecule has 5 nitrogen and oxygen atoms in total. The number of halogens is 2. The number of benzene rings is 1. The van der Waals surface area contributed by atoms with Crippen LogP contribution in [0.25, 0.3) is 0 Å². The molecule has 0 saturated heterocycles. The van der Waals surface area contributed by atoms with Crippen LogP contribution in [0.3, 0.4) is 0 Å². The summed E-state index contributed by atoms with van der Waals surface area (Å²) in [6.07, 6.45) is 2.02. The van der Waals surface area contributed by atoms with E-state index in [0.29, 0.717) is 11.4 Å². The van der Waals surface area contributed by atoms with Gasteiger partial charge in [0.25, 0.3) is 0 Å². The van der Waals surface area contributed by atoms with Crippen LogP contribution in [0.15, 0.2) is 24.5 Å². The van der Waals surface area contributed by atoms with Crippen LogP contribution >= 0.6 is 11.6 Å². The Labute approximate surface area is 115 Å². The second-order valence-electron chi connectivity index (χ2n) is 4.08. The Morgan fingerprint density at radius 2 is 2.32 bits per heavy atom. The molecular formula is C12H15ClFN5. The summed E-state index contributed by atoms with van der Waals surface area (Å²) in [6.45, 7) is 2.71. The van der Waals surface area contributed by atoms with Crippen LogP contribution in [-0.4, -0.2) is 14.8 Å². The topological polar surface area (TPSA) is 68.8 Å². The largest absolute Gasteiger partial charge is 0.271 e. The quantitative estimate of drug-likeness (QED) is 0.649. The summed E-state index contributed by atoms with van der Waals surface area (Å²) in [6, 6.07) is 4.00. The summed E-state index contributed by atoms with van der Waals surface area (Å²) < 4.78 is 14.8. The molecule has 0 bridgehead atoms. The first-order valence-electron chi connectivity index (χ1n) is 5.93. The summed E-state index contributed by atoms with van der Waals surface area (Å²) in [7, 11) is 0. The van der Waals surface area contributed by atoms with Crippen LogP contribution in [0.4, 0.5) is 4.39 Å². The Bertz CT molecular complexity index is 557. The Balaban J connectivity index is 2.25. The maximum absolute atomic E-state index is 13.0. The maximum atomic E-state index is 13.0. The monoisotopic (exact) mass is 283 g/mol. The average Bonchev–Trinajstić information content (AvgIpc) is 2.84. The summed E-state index contributed by atoms with van der Waals surface area (Å²) in [5, 5.41) is 4.43. The Morgan fingerprint density at radius 3 is 2.95 bits per heavy atom. The fraction of sp³-hybridized carbons (Fsp3) is 0.333. The van der Waals surface area contributed by atoms with Gasteiger partial charge in [-0.2, -0.15) is 5.10 Å². The summed E-state index contributed by atoms with van der Waals surface area (Å²) in [4.78, 5) is 4.19. The lowest BCUT2D eigenvalue weighted by Gasteiger charge is -2.17. The van der Waals surface area contributed by atoms with Crippen LogP contribution in [0.5, 0.6) is 0 Å². The molecule has 3 N–H and O–H groups in total. The summed E-state index contributed by atoms with van der Waals surface area (Å²) >= 11 is 6.04. The van der Waals surface area contributed by atoms with E-state index in [4.69, 9.17) is 17.4 Å². The van der Waals surface area contributed by atoms with Gasteiger partial charge < -0.3 is 0 Å². The highest BCUT2D eigenvalue weighted by Gasteiger charge is 2.17. The number of nitrogens with two attached hydrogens (primary N) is 1. The lowest BCUT2D eigenvalue weighted by atomic mass is 10.0. The van der Waals surface area contributed by atoms with Crippen molar-refractivity contribution >= 4 is 11.6 Å². The zero-order chi connectivity index (χ0) is 13.8. The highest BCUT2D eigenvalue weighted by atomic mass is 35.5. The van der Waals surface area contributed by atoms with Gasteiger partial charge in [0, 0.05) is 18.0 Å². The molecule has 0 saturated carbocycles. The van der Waals surface area contributed by atoms with Crippen LogP contribution in [-0.2, 0) is 13.0 Å². The molecule has 0 spiro atoms. The minimum atomic E-state index is -0.374. The van der Waals surface area contributed by atoms with Crippen molar-refractivity contribution in [3.63, 3.8) is 0 Å². The number of aryl methyl sites for hydroxylation is 1. The van der Waals surface area contributed by atoms with Gasteiger partial charge >= 0.3 is 0 Å². The molecule has 1 atom stereocenters. The fourth-order valence-corrected chi connectivity index (χ4v) is 2.23. The zero-order valence-electron chi connectivity index (χ0n) is 10.5. The number of hydrogen-bond acceptors (Lipinski definition) is 4. The van der Waals surface area contributed by atoms with E-state index in [2.05, 4.69) is 15.5 Å². The van der Waals surface area contributed by atoms with E-state index >= 15 is 0 Å². The molecule has 1 aromatic heterocycles. The molecule has 0 radical (unpaired) electrons. The van der Waals surface area contributed by atoms with Gasteiger partial charge in [-0.15, -0.1) is 0 Å². The standard InChI is InChI=1S/C12H15ClFN5/c1-2-19-12(16-7-17-19)6-11(18-15)9-4-3-8(14)5-10(9)13/h3-5,7,11,18H,2,6,15H2,1H3. The highest BCUT2D eigenvalue weighted by molar-refractivity contribution is 6.31. The molecule has 19 heavy (non-hydrogen) atoms. The van der Waals surface area contributed by atoms with Crippen molar-refractivity contribution in [2.24, 2.45) is 5.84 Å². The number of hydrazine groups is 1. The van der Waals surface area contributed by atoms with E-state index in [1.165, 1.54) is 18.5 Å². The number of hydrogen-bond donors (Lipinski definition) is 2. The van der Waals surface area contributed by atoms with E-state index < -0.39 is 0 Å². The molecule has 102 valence electrons. The van der Waals surface area contributed by atoms with Crippen molar-refractivity contribution < 1.29 is 4.39 Å². The Kier molecular flexibility index (Phi) is 4.47. The third-order valence-corrected chi connectivity index (χ3v) is 3.25. The lowest BCUT2D eigenvalue weighted by molar-refractivity contribution is 0.509. The fourth-order valence-electron chi connectivity index (χ4n) is 1.94. The molecule has 0 aliphatic heterocycles. The minimum Gasteiger partial charge on any atom is -0.271 e. The molecule has 0 aliphatic carbocycles. The van der Waals surface area contributed by atoms with Crippen LogP contribution < -0.4 is 11.3 Å². The Morgan fingerprint density at radius 1 is 1.53 bits per heavy atom. The van der Waals surface area contributed by atoms with E-state index in [1.54, 1.807) is 10.7 Å². The van der Waals surface area contributed by atoms with E-state index in [1.807, 2.05) is 6.92 Å². The predicted octanol–water partition coefficient (Wildman–Crippen LogP) is 1.84. The predicted molar refractivity (Wildman–Crippen MR) is 70.9 cm³/mol. The number of rotatable bonds is 5. The van der Waals surface area contributed by atoms with Crippen LogP contribution in [0, 0.1) is 5.82 Å². The van der Waals surface area contributed by atoms with E-state index in [0.717, 1.165) is 17.9 Å². The third-order valence-electron chi connectivity index (χ3n) is 2.92. The van der Waals surface area contributed by atoms with Gasteiger partial charge in [0.05, 0.1) is 6.04 Å². The SMILES string of the molecule is CCn1ncnc1CC(NN)c1ccc(F)cc1Cl. The molecule has 1 aromatic carbocycles. The van der Waals surface area contributed by atoms with Gasteiger partial charge in [0.15, 0.2) is 0 Å². The van der Waals surface area contributed by atoms with Crippen LogP contribution in [0.2, 0.25) is 5.02 Å². The first-order valence-corrected chi connectivity index (χ1v) is 6.31. The normalized spacial score (nSPS) is 12.6. The lowest BCUT2D eigenvalue weighted by Crippen LogP contribution is -2.30. The molecule has 0 aliphatic rings. The van der Waals surface area contributed by atoms with Gasteiger partial charge in [-0.25, -0.2) is 9.37 Å². The molecule has 0 fully saturated rings. The van der Waals surface area contributed by atoms with Gasteiger partial charge in [-0.1, -0.05) is 17.7 Å². The van der Waals surface area contributed by atoms with Crippen LogP contribution in [0.1, 0.15) is 24.4 Å². The number of nitrogens with one attached hydrogen (secondary N) is 1. The third kappa shape index (κ3) is 3.09. The molecule has 1 heterocycles.